The number of hydrogen-bond acceptors (Lipinski definition) is 6. The number of fused-ring (bicyclic) bond motifs is 1. The number of pyridine rings is 1. The largest absolute Gasteiger partial charge is 0.463 e. The fourth-order valence-corrected chi connectivity index (χ4v) is 3.55. The Kier molecular flexibility index (Phi) is 6.17. The van der Waals surface area contributed by atoms with Crippen molar-refractivity contribution in [2.24, 2.45) is 0 Å². The molecule has 2 aromatic rings. The van der Waals surface area contributed by atoms with Gasteiger partial charge in [0.25, 0.3) is 0 Å². The van der Waals surface area contributed by atoms with Crippen molar-refractivity contribution in [3.63, 3.8) is 0 Å². The van der Waals surface area contributed by atoms with Crippen LogP contribution in [0.15, 0.2) is 23.6 Å². The van der Waals surface area contributed by atoms with E-state index in [0.29, 0.717) is 6.61 Å². The fraction of sp³-hybridized carbons (Fsp3) is 0.421. The molecule has 0 amide bonds. The summed E-state index contributed by atoms with van der Waals surface area (Å²) in [7, 11) is 0. The van der Waals surface area contributed by atoms with Gasteiger partial charge >= 0.3 is 5.97 Å². The Hall–Kier alpha value is -2.21. The van der Waals surface area contributed by atoms with Crippen molar-refractivity contribution in [2.45, 2.75) is 39.0 Å². The smallest absolute Gasteiger partial charge is 0.330 e. The number of hydrogen-bond donors (Lipinski definition) is 1. The maximum atomic E-state index is 11.3. The van der Waals surface area contributed by atoms with E-state index in [1.807, 2.05) is 5.38 Å². The highest BCUT2D eigenvalue weighted by Gasteiger charge is 2.10. The molecular formula is C19H23N3O2S. The van der Waals surface area contributed by atoms with Crippen LogP contribution in [0.2, 0.25) is 0 Å². The van der Waals surface area contributed by atoms with Crippen molar-refractivity contribution in [1.29, 1.82) is 0 Å². The Morgan fingerprint density at radius 3 is 3.08 bits per heavy atom. The third kappa shape index (κ3) is 5.13. The lowest BCUT2D eigenvalue weighted by Crippen LogP contribution is -2.14. The minimum absolute atomic E-state index is 0.327. The summed E-state index contributed by atoms with van der Waals surface area (Å²) >= 11 is 1.54. The molecule has 1 N–H and O–H groups in total. The lowest BCUT2D eigenvalue weighted by Gasteiger charge is -2.17. The molecule has 0 atom stereocenters. The molecule has 0 spiro atoms. The molecule has 2 aromatic heterocycles. The normalized spacial score (nSPS) is 13.5. The zero-order valence-electron chi connectivity index (χ0n) is 14.5. The van der Waals surface area contributed by atoms with Gasteiger partial charge in [-0.05, 0) is 56.7 Å². The van der Waals surface area contributed by atoms with Crippen LogP contribution in [0.3, 0.4) is 0 Å². The van der Waals surface area contributed by atoms with Crippen LogP contribution < -0.4 is 5.32 Å². The summed E-state index contributed by atoms with van der Waals surface area (Å²) in [6.45, 7) is 3.20. The van der Waals surface area contributed by atoms with E-state index in [2.05, 4.69) is 22.4 Å². The summed E-state index contributed by atoms with van der Waals surface area (Å²) in [6.07, 6.45) is 8.31. The van der Waals surface area contributed by atoms with Crippen molar-refractivity contribution < 1.29 is 9.53 Å². The lowest BCUT2D eigenvalue weighted by molar-refractivity contribution is -0.137. The molecule has 0 aromatic carbocycles. The maximum absolute atomic E-state index is 11.3. The van der Waals surface area contributed by atoms with Gasteiger partial charge in [0.1, 0.15) is 10.8 Å². The topological polar surface area (TPSA) is 64.1 Å². The molecule has 0 aliphatic carbocycles. The van der Waals surface area contributed by atoms with Gasteiger partial charge < -0.3 is 10.1 Å². The van der Waals surface area contributed by atoms with Gasteiger partial charge in [0, 0.05) is 23.7 Å². The molecule has 6 heteroatoms. The molecule has 0 saturated carbocycles. The van der Waals surface area contributed by atoms with Gasteiger partial charge in [-0.1, -0.05) is 6.07 Å². The minimum atomic E-state index is -0.327. The number of ether oxygens (including phenoxy) is 1. The number of carbonyl (C=O) groups excluding carboxylic acids is 1. The zero-order chi connectivity index (χ0) is 17.5. The van der Waals surface area contributed by atoms with Crippen LogP contribution in [0, 0.1) is 0 Å². The Balaban J connectivity index is 1.48. The minimum Gasteiger partial charge on any atom is -0.463 e. The van der Waals surface area contributed by atoms with E-state index in [1.54, 1.807) is 24.3 Å². The molecule has 25 heavy (non-hydrogen) atoms. The highest BCUT2D eigenvalue weighted by atomic mass is 32.1. The summed E-state index contributed by atoms with van der Waals surface area (Å²) in [6, 6.07) is 4.34. The first kappa shape index (κ1) is 17.6. The second-order valence-electron chi connectivity index (χ2n) is 5.96. The molecule has 3 rings (SSSR count). The second-order valence-corrected chi connectivity index (χ2v) is 6.85. The number of carbonyl (C=O) groups is 1. The van der Waals surface area contributed by atoms with Crippen LogP contribution in [0.4, 0.5) is 5.82 Å². The fourth-order valence-electron chi connectivity index (χ4n) is 2.80. The average Bonchev–Trinajstić information content (AvgIpc) is 3.08. The summed E-state index contributed by atoms with van der Waals surface area (Å²) in [4.78, 5) is 20.6. The van der Waals surface area contributed by atoms with E-state index in [4.69, 9.17) is 9.72 Å². The summed E-state index contributed by atoms with van der Waals surface area (Å²) < 4.78 is 4.86. The van der Waals surface area contributed by atoms with Gasteiger partial charge in [-0.15, -0.1) is 11.3 Å². The SMILES string of the molecule is CCOC(=O)/C=C/c1nc(CCCc2ccc3c(n2)NCCC3)cs1. The van der Waals surface area contributed by atoms with Crippen LogP contribution in [-0.2, 0) is 28.8 Å². The summed E-state index contributed by atoms with van der Waals surface area (Å²) in [5.41, 5.74) is 3.52. The first-order valence-corrected chi connectivity index (χ1v) is 9.64. The number of anilines is 1. The van der Waals surface area contributed by atoms with E-state index in [0.717, 1.165) is 54.4 Å². The van der Waals surface area contributed by atoms with Crippen LogP contribution in [-0.4, -0.2) is 29.1 Å². The lowest BCUT2D eigenvalue weighted by atomic mass is 10.1. The predicted octanol–water partition coefficient (Wildman–Crippen LogP) is 3.65. The quantitative estimate of drug-likeness (QED) is 0.605. The first-order chi connectivity index (χ1) is 12.2. The molecular weight excluding hydrogens is 334 g/mol. The van der Waals surface area contributed by atoms with E-state index in [-0.39, 0.29) is 5.97 Å². The number of thiazole rings is 1. The third-order valence-corrected chi connectivity index (χ3v) is 4.89. The molecule has 0 bridgehead atoms. The highest BCUT2D eigenvalue weighted by Crippen LogP contribution is 2.20. The van der Waals surface area contributed by atoms with Crippen molar-refractivity contribution in [3.8, 4) is 0 Å². The Morgan fingerprint density at radius 1 is 1.32 bits per heavy atom. The van der Waals surface area contributed by atoms with Crippen molar-refractivity contribution in [2.75, 3.05) is 18.5 Å². The van der Waals surface area contributed by atoms with E-state index in [9.17, 15) is 4.79 Å². The van der Waals surface area contributed by atoms with Gasteiger partial charge in [0.2, 0.25) is 0 Å². The molecule has 0 unspecified atom stereocenters. The number of aromatic nitrogens is 2. The van der Waals surface area contributed by atoms with Gasteiger partial charge in [0.05, 0.1) is 12.3 Å². The number of rotatable bonds is 7. The standard InChI is InChI=1S/C19H23N3O2S/c1-2-24-18(23)11-10-17-21-16(13-25-17)7-3-6-15-9-8-14-5-4-12-20-19(14)22-15/h8-11,13H,2-7,12H2,1H3,(H,20,22)/b11-10+. The molecule has 3 heterocycles. The van der Waals surface area contributed by atoms with E-state index in [1.165, 1.54) is 18.1 Å². The molecule has 1 aliphatic heterocycles. The molecule has 0 fully saturated rings. The Labute approximate surface area is 152 Å². The van der Waals surface area contributed by atoms with Gasteiger partial charge in [-0.25, -0.2) is 14.8 Å². The van der Waals surface area contributed by atoms with E-state index >= 15 is 0 Å². The van der Waals surface area contributed by atoms with Crippen molar-refractivity contribution in [3.05, 3.63) is 45.5 Å². The number of aryl methyl sites for hydroxylation is 3. The van der Waals surface area contributed by atoms with Gasteiger partial charge in [-0.3, -0.25) is 0 Å². The van der Waals surface area contributed by atoms with E-state index < -0.39 is 0 Å². The van der Waals surface area contributed by atoms with Crippen LogP contribution in [0.5, 0.6) is 0 Å². The number of nitrogens with one attached hydrogen (secondary N) is 1. The molecule has 0 radical (unpaired) electrons. The van der Waals surface area contributed by atoms with Crippen LogP contribution >= 0.6 is 11.3 Å². The zero-order valence-corrected chi connectivity index (χ0v) is 15.3. The molecule has 132 valence electrons. The Bertz CT molecular complexity index is 755. The second kappa shape index (κ2) is 8.76. The Morgan fingerprint density at radius 2 is 2.20 bits per heavy atom. The monoisotopic (exact) mass is 357 g/mol. The molecule has 0 saturated heterocycles. The predicted molar refractivity (Wildman–Crippen MR) is 101 cm³/mol. The summed E-state index contributed by atoms with van der Waals surface area (Å²) in [5.74, 6) is 0.732. The van der Waals surface area contributed by atoms with Crippen LogP contribution in [0.25, 0.3) is 6.08 Å². The maximum Gasteiger partial charge on any atom is 0.330 e. The average molecular weight is 357 g/mol. The molecule has 1 aliphatic rings. The van der Waals surface area contributed by atoms with Gasteiger partial charge in [0.15, 0.2) is 0 Å². The van der Waals surface area contributed by atoms with Crippen molar-refractivity contribution in [1.82, 2.24) is 9.97 Å². The van der Waals surface area contributed by atoms with Crippen molar-refractivity contribution >= 4 is 29.2 Å². The van der Waals surface area contributed by atoms with Crippen LogP contribution in [0.1, 0.15) is 41.7 Å². The van der Waals surface area contributed by atoms with Gasteiger partial charge in [-0.2, -0.15) is 0 Å². The number of esters is 1. The highest BCUT2D eigenvalue weighted by molar-refractivity contribution is 7.10. The summed E-state index contributed by atoms with van der Waals surface area (Å²) in [5, 5.41) is 6.26. The third-order valence-electron chi connectivity index (χ3n) is 4.04. The first-order valence-electron chi connectivity index (χ1n) is 8.76. The number of nitrogens with zero attached hydrogens (tertiary/aromatic N) is 2. The molecule has 5 nitrogen and oxygen atoms in total.